The van der Waals surface area contributed by atoms with E-state index in [2.05, 4.69) is 24.5 Å². The van der Waals surface area contributed by atoms with Crippen molar-refractivity contribution in [1.29, 1.82) is 0 Å². The van der Waals surface area contributed by atoms with Crippen molar-refractivity contribution in [3.05, 3.63) is 18.2 Å². The summed E-state index contributed by atoms with van der Waals surface area (Å²) in [6.07, 6.45) is 0. The van der Waals surface area contributed by atoms with Crippen molar-refractivity contribution in [3.63, 3.8) is 0 Å². The van der Waals surface area contributed by atoms with Gasteiger partial charge in [-0.25, -0.2) is 0 Å². The SMILES string of the molecule is CCOc1cccc(NCC(=O)NCC(C)C)c1N. The van der Waals surface area contributed by atoms with Crippen LogP contribution in [0.5, 0.6) is 5.75 Å². The number of benzene rings is 1. The molecule has 0 unspecified atom stereocenters. The van der Waals surface area contributed by atoms with E-state index in [4.69, 9.17) is 10.5 Å². The molecule has 0 fully saturated rings. The third-order valence-corrected chi connectivity index (χ3v) is 2.51. The average Bonchev–Trinajstić information content (AvgIpc) is 2.37. The number of hydrogen-bond acceptors (Lipinski definition) is 4. The Morgan fingerprint density at radius 2 is 2.16 bits per heavy atom. The van der Waals surface area contributed by atoms with Crippen molar-refractivity contribution in [2.24, 2.45) is 5.92 Å². The lowest BCUT2D eigenvalue weighted by atomic mass is 10.2. The van der Waals surface area contributed by atoms with Crippen LogP contribution in [0.3, 0.4) is 0 Å². The second-order valence-corrected chi connectivity index (χ2v) is 4.70. The molecule has 1 aromatic rings. The van der Waals surface area contributed by atoms with Gasteiger partial charge in [-0.05, 0) is 25.0 Å². The molecule has 0 bridgehead atoms. The van der Waals surface area contributed by atoms with Gasteiger partial charge in [0.25, 0.3) is 0 Å². The summed E-state index contributed by atoms with van der Waals surface area (Å²) < 4.78 is 5.40. The maximum atomic E-state index is 11.6. The van der Waals surface area contributed by atoms with Crippen LogP contribution < -0.4 is 21.1 Å². The molecule has 0 radical (unpaired) electrons. The minimum absolute atomic E-state index is 0.0464. The van der Waals surface area contributed by atoms with Crippen molar-refractivity contribution in [2.45, 2.75) is 20.8 Å². The molecule has 5 nitrogen and oxygen atoms in total. The molecule has 1 amide bonds. The number of hydrogen-bond donors (Lipinski definition) is 3. The number of ether oxygens (including phenoxy) is 1. The van der Waals surface area contributed by atoms with Crippen LogP contribution in [0.15, 0.2) is 18.2 Å². The molecule has 0 atom stereocenters. The van der Waals surface area contributed by atoms with Gasteiger partial charge in [0.1, 0.15) is 5.75 Å². The number of para-hydroxylation sites is 1. The van der Waals surface area contributed by atoms with Gasteiger partial charge in [-0.2, -0.15) is 0 Å². The average molecular weight is 265 g/mol. The first-order valence-corrected chi connectivity index (χ1v) is 6.56. The van der Waals surface area contributed by atoms with Crippen molar-refractivity contribution in [1.82, 2.24) is 5.32 Å². The van der Waals surface area contributed by atoms with E-state index < -0.39 is 0 Å². The van der Waals surface area contributed by atoms with Gasteiger partial charge >= 0.3 is 0 Å². The van der Waals surface area contributed by atoms with Gasteiger partial charge < -0.3 is 21.1 Å². The summed E-state index contributed by atoms with van der Waals surface area (Å²) in [7, 11) is 0. The number of carbonyl (C=O) groups is 1. The number of rotatable bonds is 7. The summed E-state index contributed by atoms with van der Waals surface area (Å²) in [4.78, 5) is 11.6. The highest BCUT2D eigenvalue weighted by Gasteiger charge is 2.07. The van der Waals surface area contributed by atoms with Gasteiger partial charge in [-0.3, -0.25) is 4.79 Å². The fourth-order valence-corrected chi connectivity index (χ4v) is 1.54. The van der Waals surface area contributed by atoms with Crippen LogP contribution in [0, 0.1) is 5.92 Å². The Balaban J connectivity index is 2.53. The number of carbonyl (C=O) groups excluding carboxylic acids is 1. The van der Waals surface area contributed by atoms with Gasteiger partial charge in [0.05, 0.1) is 24.5 Å². The van der Waals surface area contributed by atoms with Gasteiger partial charge in [-0.1, -0.05) is 19.9 Å². The molecular formula is C14H23N3O2. The first-order valence-electron chi connectivity index (χ1n) is 6.56. The van der Waals surface area contributed by atoms with Gasteiger partial charge in [0.15, 0.2) is 0 Å². The topological polar surface area (TPSA) is 76.4 Å². The molecule has 0 aliphatic carbocycles. The minimum Gasteiger partial charge on any atom is -0.492 e. The largest absolute Gasteiger partial charge is 0.492 e. The molecule has 5 heteroatoms. The Bertz CT molecular complexity index is 419. The monoisotopic (exact) mass is 265 g/mol. The van der Waals surface area contributed by atoms with Crippen LogP contribution in [0.4, 0.5) is 11.4 Å². The van der Waals surface area contributed by atoms with Gasteiger partial charge in [0, 0.05) is 6.54 Å². The summed E-state index contributed by atoms with van der Waals surface area (Å²) in [6, 6.07) is 5.48. The first kappa shape index (κ1) is 15.1. The number of nitrogen functional groups attached to an aromatic ring is 1. The molecule has 0 aromatic heterocycles. The Kier molecular flexibility index (Phi) is 5.99. The van der Waals surface area contributed by atoms with Crippen molar-refractivity contribution in [2.75, 3.05) is 30.7 Å². The fourth-order valence-electron chi connectivity index (χ4n) is 1.54. The molecule has 0 heterocycles. The van der Waals surface area contributed by atoms with E-state index in [0.717, 1.165) is 0 Å². The zero-order valence-corrected chi connectivity index (χ0v) is 11.8. The van der Waals surface area contributed by atoms with Crippen molar-refractivity contribution in [3.8, 4) is 5.75 Å². The molecule has 1 aromatic carbocycles. The standard InChI is InChI=1S/C14H23N3O2/c1-4-19-12-7-5-6-11(14(12)15)16-9-13(18)17-8-10(2)3/h5-7,10,16H,4,8-9,15H2,1-3H3,(H,17,18). The van der Waals surface area contributed by atoms with Crippen LogP contribution in [0.25, 0.3) is 0 Å². The number of amides is 1. The third kappa shape index (κ3) is 5.07. The van der Waals surface area contributed by atoms with Crippen molar-refractivity contribution < 1.29 is 9.53 Å². The predicted molar refractivity (Wildman–Crippen MR) is 78.4 cm³/mol. The molecule has 0 aliphatic heterocycles. The highest BCUT2D eigenvalue weighted by Crippen LogP contribution is 2.28. The van der Waals surface area contributed by atoms with Gasteiger partial charge in [-0.15, -0.1) is 0 Å². The third-order valence-electron chi connectivity index (χ3n) is 2.51. The Morgan fingerprint density at radius 1 is 1.42 bits per heavy atom. The van der Waals surface area contributed by atoms with Crippen LogP contribution in [0.2, 0.25) is 0 Å². The molecule has 0 saturated carbocycles. The quantitative estimate of drug-likeness (QED) is 0.658. The maximum absolute atomic E-state index is 11.6. The van der Waals surface area contributed by atoms with Crippen LogP contribution >= 0.6 is 0 Å². The molecular weight excluding hydrogens is 242 g/mol. The van der Waals surface area contributed by atoms with Crippen molar-refractivity contribution >= 4 is 17.3 Å². The van der Waals surface area contributed by atoms with E-state index in [1.54, 1.807) is 0 Å². The van der Waals surface area contributed by atoms with E-state index in [1.807, 2.05) is 25.1 Å². The van der Waals surface area contributed by atoms with Crippen LogP contribution in [-0.2, 0) is 4.79 Å². The van der Waals surface area contributed by atoms with E-state index >= 15 is 0 Å². The number of nitrogens with one attached hydrogen (secondary N) is 2. The summed E-state index contributed by atoms with van der Waals surface area (Å²) in [5.74, 6) is 1.03. The number of nitrogens with two attached hydrogens (primary N) is 1. The highest BCUT2D eigenvalue weighted by atomic mass is 16.5. The normalized spacial score (nSPS) is 10.3. The molecule has 1 rings (SSSR count). The van der Waals surface area contributed by atoms with E-state index in [1.165, 1.54) is 0 Å². The second-order valence-electron chi connectivity index (χ2n) is 4.70. The van der Waals surface area contributed by atoms with Crippen LogP contribution in [-0.4, -0.2) is 25.6 Å². The van der Waals surface area contributed by atoms with E-state index in [9.17, 15) is 4.79 Å². The second kappa shape index (κ2) is 7.51. The lowest BCUT2D eigenvalue weighted by Gasteiger charge is -2.13. The summed E-state index contributed by atoms with van der Waals surface area (Å²) in [5.41, 5.74) is 7.20. The molecule has 19 heavy (non-hydrogen) atoms. The lowest BCUT2D eigenvalue weighted by Crippen LogP contribution is -2.32. The van der Waals surface area contributed by atoms with Gasteiger partial charge in [0.2, 0.25) is 5.91 Å². The molecule has 4 N–H and O–H groups in total. The molecule has 106 valence electrons. The van der Waals surface area contributed by atoms with E-state index in [0.29, 0.717) is 36.2 Å². The lowest BCUT2D eigenvalue weighted by molar-refractivity contribution is -0.119. The zero-order chi connectivity index (χ0) is 14.3. The minimum atomic E-state index is -0.0464. The van der Waals surface area contributed by atoms with Crippen LogP contribution in [0.1, 0.15) is 20.8 Å². The first-order chi connectivity index (χ1) is 9.04. The predicted octanol–water partition coefficient (Wildman–Crippen LogP) is 1.85. The Morgan fingerprint density at radius 3 is 2.79 bits per heavy atom. The number of anilines is 2. The maximum Gasteiger partial charge on any atom is 0.239 e. The smallest absolute Gasteiger partial charge is 0.239 e. The summed E-state index contributed by atoms with van der Waals surface area (Å²) >= 11 is 0. The Labute approximate surface area is 114 Å². The van der Waals surface area contributed by atoms with E-state index in [-0.39, 0.29) is 12.5 Å². The molecule has 0 aliphatic rings. The fraction of sp³-hybridized carbons (Fsp3) is 0.500. The summed E-state index contributed by atoms with van der Waals surface area (Å²) in [6.45, 7) is 7.44. The molecule has 0 saturated heterocycles. The molecule has 0 spiro atoms. The summed E-state index contributed by atoms with van der Waals surface area (Å²) in [5, 5.41) is 5.86. The zero-order valence-electron chi connectivity index (χ0n) is 11.8. The highest BCUT2D eigenvalue weighted by molar-refractivity contribution is 5.83. The Hall–Kier alpha value is -1.91.